The van der Waals surface area contributed by atoms with Crippen LogP contribution < -0.4 is 24.8 Å². The smallest absolute Gasteiger partial charge is 0.408 e. The zero-order valence-corrected chi connectivity index (χ0v) is 35.3. The third kappa shape index (κ3) is 9.56. The number of benzene rings is 2. The number of likely N-dealkylation sites (tertiary alicyclic amines) is 1. The predicted molar refractivity (Wildman–Crippen MR) is 221 cm³/mol. The SMILES string of the molecule is C=CC(=O)OC(C)(C)C(NC(=O)OC(C)(C)C)C(=O)N1CC(Oc2cc(-c3ccccc3)nc3cc(OC)ccc23)CC1C(=O)NC1(C(=O)NS(=O)(=O)C2CC2)CC1C=C. The average molecular weight is 846 g/mol. The molecule has 1 aromatic heterocycles. The average Bonchev–Trinajstić information content (AvgIpc) is 4.12. The van der Waals surface area contributed by atoms with E-state index >= 15 is 0 Å². The first kappa shape index (κ1) is 43.6. The second-order valence-corrected chi connectivity index (χ2v) is 18.7. The van der Waals surface area contributed by atoms with Crippen molar-refractivity contribution in [1.29, 1.82) is 0 Å². The summed E-state index contributed by atoms with van der Waals surface area (Å²) >= 11 is 0. The number of alkyl carbamates (subject to hydrolysis) is 1. The molecular weight excluding hydrogens is 795 g/mol. The highest BCUT2D eigenvalue weighted by Gasteiger charge is 2.62. The van der Waals surface area contributed by atoms with E-state index in [9.17, 15) is 32.4 Å². The Labute approximate surface area is 349 Å². The van der Waals surface area contributed by atoms with Crippen LogP contribution in [-0.2, 0) is 38.7 Å². The summed E-state index contributed by atoms with van der Waals surface area (Å²) in [7, 11) is -2.44. The number of methoxy groups -OCH3 is 1. The molecular formula is C43H51N5O11S. The second kappa shape index (κ2) is 16.6. The van der Waals surface area contributed by atoms with E-state index < -0.39 is 85.9 Å². The molecule has 0 bridgehead atoms. The molecule has 3 N–H and O–H groups in total. The Hall–Kier alpha value is -5.97. The van der Waals surface area contributed by atoms with Crippen molar-refractivity contribution in [2.75, 3.05) is 13.7 Å². The van der Waals surface area contributed by atoms with Crippen LogP contribution in [0, 0.1) is 5.92 Å². The van der Waals surface area contributed by atoms with Gasteiger partial charge in [0.15, 0.2) is 6.04 Å². The Morgan fingerprint density at radius 2 is 1.68 bits per heavy atom. The van der Waals surface area contributed by atoms with Gasteiger partial charge in [0.25, 0.3) is 5.91 Å². The molecule has 5 unspecified atom stereocenters. The minimum atomic E-state index is -3.98. The van der Waals surface area contributed by atoms with Gasteiger partial charge in [0.1, 0.15) is 40.4 Å². The largest absolute Gasteiger partial charge is 0.497 e. The summed E-state index contributed by atoms with van der Waals surface area (Å²) in [4.78, 5) is 74.9. The fourth-order valence-electron chi connectivity index (χ4n) is 7.22. The molecule has 16 nitrogen and oxygen atoms in total. The van der Waals surface area contributed by atoms with E-state index in [4.69, 9.17) is 23.9 Å². The molecule has 0 spiro atoms. The van der Waals surface area contributed by atoms with Crippen LogP contribution in [0.3, 0.4) is 0 Å². The van der Waals surface area contributed by atoms with Crippen LogP contribution in [0.25, 0.3) is 22.2 Å². The van der Waals surface area contributed by atoms with E-state index in [1.54, 1.807) is 45.0 Å². The first-order valence-electron chi connectivity index (χ1n) is 19.6. The number of rotatable bonds is 15. The van der Waals surface area contributed by atoms with Gasteiger partial charge in [-0.2, -0.15) is 0 Å². The van der Waals surface area contributed by atoms with Crippen LogP contribution in [-0.4, -0.2) is 102 Å². The van der Waals surface area contributed by atoms with Gasteiger partial charge in [-0.25, -0.2) is 23.0 Å². The third-order valence-electron chi connectivity index (χ3n) is 10.6. The van der Waals surface area contributed by atoms with Crippen LogP contribution in [0.2, 0.25) is 0 Å². The number of pyridine rings is 1. The van der Waals surface area contributed by atoms with E-state index in [0.717, 1.165) is 11.6 Å². The van der Waals surface area contributed by atoms with Gasteiger partial charge in [-0.3, -0.25) is 19.1 Å². The maximum Gasteiger partial charge on any atom is 0.408 e. The number of hydrogen-bond acceptors (Lipinski definition) is 12. The number of hydrogen-bond donors (Lipinski definition) is 3. The summed E-state index contributed by atoms with van der Waals surface area (Å²) in [6, 6.07) is 13.5. The topological polar surface area (TPSA) is 209 Å². The van der Waals surface area contributed by atoms with Crippen molar-refractivity contribution in [1.82, 2.24) is 25.2 Å². The molecule has 5 atom stereocenters. The Morgan fingerprint density at radius 3 is 2.28 bits per heavy atom. The highest BCUT2D eigenvalue weighted by atomic mass is 32.2. The predicted octanol–water partition coefficient (Wildman–Crippen LogP) is 4.33. The summed E-state index contributed by atoms with van der Waals surface area (Å²) in [5.74, 6) is -3.08. The standard InChI is InChI=1S/C43H51N5O11S/c1-9-26-23-43(26,39(52)47-60(54,55)29-17-18-29)46-37(50)33-21-28(24-48(33)38(51)36(42(6,7)58-35(49)10-2)45-40(53)59-41(3,4)5)57-34-22-31(25-14-12-11-13-15-25)44-32-20-27(56-8)16-19-30(32)34/h9-16,19-20,22,26,28-29,33,36H,1-2,17-18,21,23-24H2,3-8H3,(H,45,53)(H,46,50)(H,47,52). The molecule has 2 aromatic carbocycles. The second-order valence-electron chi connectivity index (χ2n) is 16.7. The Bertz CT molecular complexity index is 2320. The van der Waals surface area contributed by atoms with Crippen LogP contribution in [0.4, 0.5) is 4.79 Å². The van der Waals surface area contributed by atoms with Gasteiger partial charge >= 0.3 is 12.1 Å². The molecule has 4 amide bonds. The van der Waals surface area contributed by atoms with Crippen molar-refractivity contribution in [2.24, 2.45) is 5.92 Å². The molecule has 3 aromatic rings. The molecule has 3 fully saturated rings. The number of aromatic nitrogens is 1. The zero-order valence-electron chi connectivity index (χ0n) is 34.5. The van der Waals surface area contributed by atoms with Crippen molar-refractivity contribution in [3.63, 3.8) is 0 Å². The van der Waals surface area contributed by atoms with E-state index in [1.807, 2.05) is 30.3 Å². The Balaban J connectivity index is 1.38. The minimum Gasteiger partial charge on any atom is -0.497 e. The van der Waals surface area contributed by atoms with Gasteiger partial charge < -0.3 is 34.5 Å². The summed E-state index contributed by atoms with van der Waals surface area (Å²) in [5, 5.41) is 5.21. The highest BCUT2D eigenvalue weighted by Crippen LogP contribution is 2.46. The number of fused-ring (bicyclic) bond motifs is 1. The molecule has 0 radical (unpaired) electrons. The normalized spacial score (nSPS) is 21.8. The quantitative estimate of drug-likeness (QED) is 0.111. The van der Waals surface area contributed by atoms with E-state index in [1.165, 1.54) is 31.9 Å². The van der Waals surface area contributed by atoms with Gasteiger partial charge in [0, 0.05) is 41.5 Å². The summed E-state index contributed by atoms with van der Waals surface area (Å²) in [5.41, 5.74) is -2.43. The van der Waals surface area contributed by atoms with Crippen LogP contribution >= 0.6 is 0 Å². The first-order valence-corrected chi connectivity index (χ1v) is 21.1. The number of nitrogens with one attached hydrogen (secondary N) is 3. The summed E-state index contributed by atoms with van der Waals surface area (Å²) in [6.45, 7) is 14.7. The lowest BCUT2D eigenvalue weighted by Gasteiger charge is -2.37. The number of carbonyl (C=O) groups excluding carboxylic acids is 5. The monoisotopic (exact) mass is 845 g/mol. The molecule has 2 heterocycles. The van der Waals surface area contributed by atoms with E-state index in [-0.39, 0.29) is 19.4 Å². The summed E-state index contributed by atoms with van der Waals surface area (Å²) < 4.78 is 51.0. The lowest BCUT2D eigenvalue weighted by atomic mass is 9.96. The van der Waals surface area contributed by atoms with E-state index in [0.29, 0.717) is 40.9 Å². The molecule has 1 aliphatic heterocycles. The van der Waals surface area contributed by atoms with Crippen LogP contribution in [0.5, 0.6) is 11.5 Å². The number of amides is 4. The number of sulfonamides is 1. The van der Waals surface area contributed by atoms with Crippen molar-refractivity contribution >= 4 is 50.7 Å². The molecule has 1 saturated heterocycles. The van der Waals surface area contributed by atoms with Gasteiger partial charge in [-0.1, -0.05) is 43.0 Å². The number of esters is 1. The maximum absolute atomic E-state index is 14.9. The van der Waals surface area contributed by atoms with Gasteiger partial charge in [-0.15, -0.1) is 6.58 Å². The van der Waals surface area contributed by atoms with Gasteiger partial charge in [-0.05, 0) is 66.0 Å². The Morgan fingerprint density at radius 1 is 0.983 bits per heavy atom. The highest BCUT2D eigenvalue weighted by molar-refractivity contribution is 7.91. The maximum atomic E-state index is 14.9. The van der Waals surface area contributed by atoms with Crippen LogP contribution in [0.15, 0.2) is 79.9 Å². The van der Waals surface area contributed by atoms with Crippen LogP contribution in [0.1, 0.15) is 60.3 Å². The summed E-state index contributed by atoms with van der Waals surface area (Å²) in [6.07, 6.45) is 1.29. The molecule has 17 heteroatoms. The molecule has 320 valence electrons. The Kier molecular flexibility index (Phi) is 12.1. The first-order chi connectivity index (χ1) is 28.2. The van der Waals surface area contributed by atoms with Crippen molar-refractivity contribution < 1.29 is 51.3 Å². The third-order valence-corrected chi connectivity index (χ3v) is 12.4. The lowest BCUT2D eigenvalue weighted by Crippen LogP contribution is -2.63. The molecule has 60 heavy (non-hydrogen) atoms. The number of nitrogens with zero attached hydrogens (tertiary/aromatic N) is 2. The molecule has 3 aliphatic rings. The van der Waals surface area contributed by atoms with Gasteiger partial charge in [0.2, 0.25) is 21.8 Å². The van der Waals surface area contributed by atoms with Crippen molar-refractivity contribution in [3.05, 3.63) is 79.9 Å². The number of carbonyl (C=O) groups is 5. The lowest BCUT2D eigenvalue weighted by molar-refractivity contribution is -0.159. The van der Waals surface area contributed by atoms with E-state index in [2.05, 4.69) is 28.5 Å². The number of ether oxygens (including phenoxy) is 4. The molecule has 6 rings (SSSR count). The zero-order chi connectivity index (χ0) is 43.8. The molecule has 2 saturated carbocycles. The fraction of sp³-hybridized carbons (Fsp3) is 0.442. The fourth-order valence-corrected chi connectivity index (χ4v) is 8.58. The van der Waals surface area contributed by atoms with Crippen molar-refractivity contribution in [2.45, 2.75) is 100 Å². The van der Waals surface area contributed by atoms with Gasteiger partial charge in [0.05, 0.1) is 30.1 Å². The van der Waals surface area contributed by atoms with Crippen molar-refractivity contribution in [3.8, 4) is 22.8 Å². The minimum absolute atomic E-state index is 0.0664. The molecule has 2 aliphatic carbocycles.